The Kier molecular flexibility index (Phi) is 13.7. The van der Waals surface area contributed by atoms with Gasteiger partial charge in [0.1, 0.15) is 0 Å². The second-order valence-electron chi connectivity index (χ2n) is 6.23. The predicted octanol–water partition coefficient (Wildman–Crippen LogP) is 3.32. The fourth-order valence-electron chi connectivity index (χ4n) is 2.27. The molecule has 0 aromatic rings. The molecule has 0 saturated heterocycles. The first-order valence-electron chi connectivity index (χ1n) is 8.68. The molecule has 0 aliphatic carbocycles. The Morgan fingerprint density at radius 3 is 1.09 bits per heavy atom. The van der Waals surface area contributed by atoms with Crippen LogP contribution in [0.3, 0.4) is 0 Å². The Morgan fingerprint density at radius 2 is 0.826 bits per heavy atom. The van der Waals surface area contributed by atoms with Crippen molar-refractivity contribution < 1.29 is 19.3 Å². The second kappa shape index (κ2) is 14.5. The van der Waals surface area contributed by atoms with Gasteiger partial charge in [-0.1, -0.05) is 44.9 Å². The molecule has 136 valence electrons. The molecule has 0 amide bonds. The van der Waals surface area contributed by atoms with Crippen molar-refractivity contribution in [1.82, 2.24) is 10.1 Å². The van der Waals surface area contributed by atoms with Crippen LogP contribution in [-0.4, -0.2) is 50.3 Å². The Morgan fingerprint density at radius 1 is 0.565 bits per heavy atom. The topological polar surface area (TPSA) is 59.1 Å². The fraction of sp³-hybridized carbons (Fsp3) is 0.882. The zero-order valence-electron chi connectivity index (χ0n) is 15.3. The van der Waals surface area contributed by atoms with E-state index in [0.717, 1.165) is 25.7 Å². The summed E-state index contributed by atoms with van der Waals surface area (Å²) in [5.41, 5.74) is 0. The van der Waals surface area contributed by atoms with E-state index in [4.69, 9.17) is 9.68 Å². The molecule has 0 aliphatic heterocycles. The van der Waals surface area contributed by atoms with E-state index in [9.17, 15) is 9.59 Å². The molecule has 0 aromatic heterocycles. The van der Waals surface area contributed by atoms with Crippen LogP contribution in [0.4, 0.5) is 0 Å². The quantitative estimate of drug-likeness (QED) is 0.360. The van der Waals surface area contributed by atoms with E-state index in [1.165, 1.54) is 42.2 Å². The van der Waals surface area contributed by atoms with Gasteiger partial charge >= 0.3 is 11.9 Å². The number of unbranched alkanes of at least 4 members (excludes halogenated alkanes) is 8. The zero-order valence-corrected chi connectivity index (χ0v) is 15.3. The summed E-state index contributed by atoms with van der Waals surface area (Å²) >= 11 is 0. The third-order valence-electron chi connectivity index (χ3n) is 3.33. The molecule has 0 saturated carbocycles. The van der Waals surface area contributed by atoms with Crippen molar-refractivity contribution in [2.45, 2.75) is 70.6 Å². The van der Waals surface area contributed by atoms with E-state index in [0.29, 0.717) is 12.8 Å². The van der Waals surface area contributed by atoms with Crippen LogP contribution in [0.5, 0.6) is 0 Å². The molecule has 0 unspecified atom stereocenters. The van der Waals surface area contributed by atoms with E-state index >= 15 is 0 Å². The molecule has 23 heavy (non-hydrogen) atoms. The molecule has 6 nitrogen and oxygen atoms in total. The summed E-state index contributed by atoms with van der Waals surface area (Å²) < 4.78 is 0. The lowest BCUT2D eigenvalue weighted by atomic mass is 10.1. The predicted molar refractivity (Wildman–Crippen MR) is 90.3 cm³/mol. The number of carbonyl (C=O) groups excluding carboxylic acids is 2. The SMILES string of the molecule is CN(C)OC(=O)CCCCCCCCCCCC(=O)ON(C)C. The highest BCUT2D eigenvalue weighted by molar-refractivity contribution is 5.69. The summed E-state index contributed by atoms with van der Waals surface area (Å²) in [6.45, 7) is 0. The van der Waals surface area contributed by atoms with Crippen LogP contribution < -0.4 is 0 Å². The highest BCUT2D eigenvalue weighted by atomic mass is 16.7. The maximum Gasteiger partial charge on any atom is 0.325 e. The first-order valence-corrected chi connectivity index (χ1v) is 8.68. The number of hydrogen-bond acceptors (Lipinski definition) is 6. The minimum atomic E-state index is -0.150. The van der Waals surface area contributed by atoms with Gasteiger partial charge in [-0.05, 0) is 12.8 Å². The van der Waals surface area contributed by atoms with Gasteiger partial charge in [-0.2, -0.15) is 0 Å². The third kappa shape index (κ3) is 17.1. The van der Waals surface area contributed by atoms with Crippen LogP contribution in [0, 0.1) is 0 Å². The summed E-state index contributed by atoms with van der Waals surface area (Å²) in [5, 5.41) is 2.87. The fourth-order valence-corrected chi connectivity index (χ4v) is 2.27. The summed E-state index contributed by atoms with van der Waals surface area (Å²) in [4.78, 5) is 32.5. The van der Waals surface area contributed by atoms with Gasteiger partial charge in [0.25, 0.3) is 0 Å². The number of nitrogens with zero attached hydrogens (tertiary/aromatic N) is 2. The Bertz CT molecular complexity index is 290. The van der Waals surface area contributed by atoms with Gasteiger partial charge in [-0.3, -0.25) is 9.59 Å². The van der Waals surface area contributed by atoms with Crippen molar-refractivity contribution in [2.75, 3.05) is 28.2 Å². The molecule has 0 radical (unpaired) electrons. The van der Waals surface area contributed by atoms with Crippen molar-refractivity contribution in [3.8, 4) is 0 Å². The van der Waals surface area contributed by atoms with Gasteiger partial charge in [-0.25, -0.2) is 0 Å². The van der Waals surface area contributed by atoms with E-state index in [2.05, 4.69) is 0 Å². The van der Waals surface area contributed by atoms with Crippen LogP contribution in [-0.2, 0) is 19.3 Å². The largest absolute Gasteiger partial charge is 0.369 e. The van der Waals surface area contributed by atoms with Crippen LogP contribution in [0.2, 0.25) is 0 Å². The van der Waals surface area contributed by atoms with E-state index in [-0.39, 0.29) is 11.9 Å². The zero-order chi connectivity index (χ0) is 17.5. The first-order chi connectivity index (χ1) is 10.9. The minimum Gasteiger partial charge on any atom is -0.369 e. The Labute approximate surface area is 141 Å². The number of carbonyl (C=O) groups is 2. The third-order valence-corrected chi connectivity index (χ3v) is 3.33. The molecule has 6 heteroatoms. The second-order valence-corrected chi connectivity index (χ2v) is 6.23. The van der Waals surface area contributed by atoms with Crippen molar-refractivity contribution in [2.24, 2.45) is 0 Å². The van der Waals surface area contributed by atoms with Crippen LogP contribution in [0.1, 0.15) is 70.6 Å². The highest BCUT2D eigenvalue weighted by Crippen LogP contribution is 2.12. The first kappa shape index (κ1) is 21.9. The molecule has 0 spiro atoms. The van der Waals surface area contributed by atoms with Crippen molar-refractivity contribution in [3.05, 3.63) is 0 Å². The van der Waals surface area contributed by atoms with E-state index in [1.54, 1.807) is 28.2 Å². The summed E-state index contributed by atoms with van der Waals surface area (Å²) in [7, 11) is 6.85. The molecule has 0 heterocycles. The average molecular weight is 330 g/mol. The van der Waals surface area contributed by atoms with Gasteiger partial charge in [0, 0.05) is 41.0 Å². The molecular formula is C17H34N2O4. The normalized spacial score (nSPS) is 11.0. The monoisotopic (exact) mass is 330 g/mol. The van der Waals surface area contributed by atoms with Gasteiger partial charge in [0.05, 0.1) is 0 Å². The average Bonchev–Trinajstić information content (AvgIpc) is 2.43. The maximum atomic E-state index is 11.3. The van der Waals surface area contributed by atoms with Gasteiger partial charge in [0.15, 0.2) is 0 Å². The molecule has 0 bridgehead atoms. The summed E-state index contributed by atoms with van der Waals surface area (Å²) in [5.74, 6) is -0.300. The molecule has 0 atom stereocenters. The standard InChI is InChI=1S/C17H34N2O4/c1-18(2)22-16(20)14-12-10-8-6-5-7-9-11-13-15-17(21)23-19(3)4/h5-15H2,1-4H3. The number of hydrogen-bond donors (Lipinski definition) is 0. The number of hydroxylamine groups is 4. The summed E-state index contributed by atoms with van der Waals surface area (Å²) in [6, 6.07) is 0. The number of rotatable bonds is 14. The lowest BCUT2D eigenvalue weighted by Gasteiger charge is -2.09. The molecule has 0 aliphatic rings. The van der Waals surface area contributed by atoms with E-state index < -0.39 is 0 Å². The molecule has 0 fully saturated rings. The highest BCUT2D eigenvalue weighted by Gasteiger charge is 2.05. The van der Waals surface area contributed by atoms with Gasteiger partial charge in [0.2, 0.25) is 0 Å². The van der Waals surface area contributed by atoms with Crippen LogP contribution >= 0.6 is 0 Å². The maximum absolute atomic E-state index is 11.3. The molecule has 0 rings (SSSR count). The van der Waals surface area contributed by atoms with Crippen LogP contribution in [0.15, 0.2) is 0 Å². The van der Waals surface area contributed by atoms with E-state index in [1.807, 2.05) is 0 Å². The van der Waals surface area contributed by atoms with Crippen LogP contribution in [0.25, 0.3) is 0 Å². The molecule has 0 N–H and O–H groups in total. The van der Waals surface area contributed by atoms with Crippen molar-refractivity contribution in [1.29, 1.82) is 0 Å². The Balaban J connectivity index is 3.22. The lowest BCUT2D eigenvalue weighted by Crippen LogP contribution is -2.18. The molecule has 0 aromatic carbocycles. The summed E-state index contributed by atoms with van der Waals surface area (Å²) in [6.07, 6.45) is 11.0. The van der Waals surface area contributed by atoms with Gasteiger partial charge in [-0.15, -0.1) is 10.1 Å². The minimum absolute atomic E-state index is 0.150. The smallest absolute Gasteiger partial charge is 0.325 e. The Hall–Kier alpha value is -1.14. The lowest BCUT2D eigenvalue weighted by molar-refractivity contribution is -0.179. The van der Waals surface area contributed by atoms with Crippen molar-refractivity contribution >= 4 is 11.9 Å². The molecular weight excluding hydrogens is 296 g/mol. The van der Waals surface area contributed by atoms with Gasteiger partial charge < -0.3 is 9.68 Å². The van der Waals surface area contributed by atoms with Crippen molar-refractivity contribution in [3.63, 3.8) is 0 Å².